The van der Waals surface area contributed by atoms with Crippen molar-refractivity contribution in [3.63, 3.8) is 0 Å². The zero-order chi connectivity index (χ0) is 26.2. The summed E-state index contributed by atoms with van der Waals surface area (Å²) in [5, 5.41) is 7.33. The Kier molecular flexibility index (Phi) is 6.95. The van der Waals surface area contributed by atoms with Crippen LogP contribution in [0.1, 0.15) is 28.6 Å². The highest BCUT2D eigenvalue weighted by Crippen LogP contribution is 2.40. The zero-order valence-electron chi connectivity index (χ0n) is 20.5. The SMILES string of the molecule is C[C@@H]1CNc2c(sc3ccc4nc(Oc5nc(Cl)ncc5CN5CCC(OCCF)C5)cnc4c23)C(=O)N1. The van der Waals surface area contributed by atoms with E-state index in [1.165, 1.54) is 11.3 Å². The van der Waals surface area contributed by atoms with Crippen molar-refractivity contribution in [2.75, 3.05) is 38.2 Å². The average molecular weight is 558 g/mol. The van der Waals surface area contributed by atoms with Gasteiger partial charge in [0, 0.05) is 54.1 Å². The topological polar surface area (TPSA) is 114 Å². The molecule has 38 heavy (non-hydrogen) atoms. The summed E-state index contributed by atoms with van der Waals surface area (Å²) >= 11 is 7.52. The van der Waals surface area contributed by atoms with E-state index in [9.17, 15) is 9.18 Å². The van der Waals surface area contributed by atoms with Gasteiger partial charge in [-0.3, -0.25) is 9.69 Å². The lowest BCUT2D eigenvalue weighted by Crippen LogP contribution is -2.34. The number of halogens is 2. The number of nitrogens with zero attached hydrogens (tertiary/aromatic N) is 5. The van der Waals surface area contributed by atoms with E-state index in [1.54, 1.807) is 12.4 Å². The Morgan fingerprint density at radius 3 is 3.03 bits per heavy atom. The monoisotopic (exact) mass is 557 g/mol. The van der Waals surface area contributed by atoms with Crippen LogP contribution in [0.15, 0.2) is 24.5 Å². The van der Waals surface area contributed by atoms with Crippen molar-refractivity contribution >= 4 is 55.7 Å². The number of benzene rings is 1. The van der Waals surface area contributed by atoms with Crippen LogP contribution in [0.5, 0.6) is 11.8 Å². The minimum atomic E-state index is -0.488. The first-order valence-electron chi connectivity index (χ1n) is 12.3. The third-order valence-corrected chi connectivity index (χ3v) is 7.90. The van der Waals surface area contributed by atoms with E-state index in [0.29, 0.717) is 41.4 Å². The number of anilines is 1. The second-order valence-corrected chi connectivity index (χ2v) is 10.7. The number of amides is 1. The average Bonchev–Trinajstić information content (AvgIpc) is 3.48. The van der Waals surface area contributed by atoms with Gasteiger partial charge in [-0.15, -0.1) is 11.3 Å². The highest BCUT2D eigenvalue weighted by Gasteiger charge is 2.26. The van der Waals surface area contributed by atoms with Crippen molar-refractivity contribution in [2.24, 2.45) is 0 Å². The third-order valence-electron chi connectivity index (χ3n) is 6.56. The van der Waals surface area contributed by atoms with Gasteiger partial charge in [-0.25, -0.2) is 19.3 Å². The van der Waals surface area contributed by atoms with E-state index < -0.39 is 6.67 Å². The molecule has 0 spiro atoms. The number of hydrogen-bond acceptors (Lipinski definition) is 10. The van der Waals surface area contributed by atoms with E-state index >= 15 is 0 Å². The number of likely N-dealkylation sites (tertiary alicyclic amines) is 1. The predicted octanol–water partition coefficient (Wildman–Crippen LogP) is 4.18. The smallest absolute Gasteiger partial charge is 0.263 e. The van der Waals surface area contributed by atoms with Crippen molar-refractivity contribution in [1.82, 2.24) is 30.2 Å². The van der Waals surface area contributed by atoms with Crippen LogP contribution in [0.2, 0.25) is 5.28 Å². The number of fused-ring (bicyclic) bond motifs is 5. The van der Waals surface area contributed by atoms with Gasteiger partial charge < -0.3 is 20.1 Å². The standard InChI is InChI=1S/C25H25ClFN7O3S/c1-13-8-28-21-19-17(38-22(21)23(35)31-13)3-2-16-20(19)29-10-18(32-16)37-24-14(9-30-25(26)33-24)11-34-6-4-15(12-34)36-7-5-27/h2-3,9-10,13,15,28H,4-8,11-12H2,1H3,(H,31,35)/t13-,15?/m1/s1. The van der Waals surface area contributed by atoms with Gasteiger partial charge >= 0.3 is 0 Å². The lowest BCUT2D eigenvalue weighted by molar-refractivity contribution is 0.0495. The lowest BCUT2D eigenvalue weighted by Gasteiger charge is -2.17. The molecule has 2 aliphatic rings. The van der Waals surface area contributed by atoms with E-state index in [-0.39, 0.29) is 35.8 Å². The van der Waals surface area contributed by atoms with Crippen molar-refractivity contribution in [3.05, 3.63) is 40.3 Å². The summed E-state index contributed by atoms with van der Waals surface area (Å²) in [5.41, 5.74) is 2.83. The number of alkyl halides is 1. The van der Waals surface area contributed by atoms with Gasteiger partial charge in [-0.2, -0.15) is 4.98 Å². The summed E-state index contributed by atoms with van der Waals surface area (Å²) in [7, 11) is 0. The van der Waals surface area contributed by atoms with Gasteiger partial charge in [-0.05, 0) is 37.1 Å². The maximum atomic E-state index is 12.7. The van der Waals surface area contributed by atoms with Crippen molar-refractivity contribution in [1.29, 1.82) is 0 Å². The van der Waals surface area contributed by atoms with Crippen LogP contribution in [0, 0.1) is 0 Å². The number of rotatable bonds is 7. The summed E-state index contributed by atoms with van der Waals surface area (Å²) < 4.78 is 25.0. The zero-order valence-corrected chi connectivity index (χ0v) is 22.1. The Labute approximate surface area is 226 Å². The van der Waals surface area contributed by atoms with Crippen LogP contribution in [0.3, 0.4) is 0 Å². The number of aromatic nitrogens is 4. The highest BCUT2D eigenvalue weighted by atomic mass is 35.5. The molecule has 1 fully saturated rings. The van der Waals surface area contributed by atoms with E-state index in [0.717, 1.165) is 34.3 Å². The van der Waals surface area contributed by atoms with Gasteiger partial charge in [0.2, 0.25) is 17.0 Å². The van der Waals surface area contributed by atoms with Gasteiger partial charge in [0.1, 0.15) is 11.6 Å². The first-order chi connectivity index (χ1) is 18.5. The first kappa shape index (κ1) is 25.1. The quantitative estimate of drug-likeness (QED) is 0.323. The molecule has 13 heteroatoms. The molecule has 0 bridgehead atoms. The second-order valence-electron chi connectivity index (χ2n) is 9.35. The maximum Gasteiger partial charge on any atom is 0.263 e. The summed E-state index contributed by atoms with van der Waals surface area (Å²) in [6.07, 6.45) is 4.01. The van der Waals surface area contributed by atoms with Crippen molar-refractivity contribution in [2.45, 2.75) is 32.0 Å². The molecule has 1 amide bonds. The first-order valence-corrected chi connectivity index (χ1v) is 13.5. The Hall–Kier alpha value is -3.19. The Morgan fingerprint density at radius 1 is 1.26 bits per heavy atom. The minimum Gasteiger partial charge on any atom is -0.418 e. The molecule has 0 saturated carbocycles. The molecule has 198 valence electrons. The predicted molar refractivity (Wildman–Crippen MR) is 143 cm³/mol. The molecule has 1 aromatic carbocycles. The van der Waals surface area contributed by atoms with Gasteiger partial charge in [-0.1, -0.05) is 0 Å². The van der Waals surface area contributed by atoms with E-state index in [2.05, 4.69) is 35.5 Å². The Balaban J connectivity index is 1.28. The molecule has 0 radical (unpaired) electrons. The van der Waals surface area contributed by atoms with Crippen LogP contribution >= 0.6 is 22.9 Å². The van der Waals surface area contributed by atoms with Gasteiger partial charge in [0.25, 0.3) is 5.91 Å². The van der Waals surface area contributed by atoms with Gasteiger partial charge in [0.15, 0.2) is 0 Å². The van der Waals surface area contributed by atoms with E-state index in [4.69, 9.17) is 21.1 Å². The van der Waals surface area contributed by atoms with Crippen molar-refractivity contribution < 1.29 is 18.7 Å². The van der Waals surface area contributed by atoms with E-state index in [1.807, 2.05) is 19.1 Å². The number of carbonyl (C=O) groups excluding carboxylic acids is 1. The molecular formula is C25H25ClFN7O3S. The van der Waals surface area contributed by atoms with Crippen LogP contribution in [-0.2, 0) is 11.3 Å². The third kappa shape index (κ3) is 4.96. The molecule has 3 aromatic heterocycles. The molecule has 5 heterocycles. The molecule has 2 aliphatic heterocycles. The Morgan fingerprint density at radius 2 is 2.16 bits per heavy atom. The molecule has 10 nitrogen and oxygen atoms in total. The largest absolute Gasteiger partial charge is 0.418 e. The summed E-state index contributed by atoms with van der Waals surface area (Å²) in [5.74, 6) is 0.467. The number of hydrogen-bond donors (Lipinski definition) is 2. The molecule has 2 N–H and O–H groups in total. The fourth-order valence-electron chi connectivity index (χ4n) is 4.82. The van der Waals surface area contributed by atoms with Crippen LogP contribution in [0.25, 0.3) is 21.1 Å². The summed E-state index contributed by atoms with van der Waals surface area (Å²) in [4.78, 5) is 33.2. The van der Waals surface area contributed by atoms with Crippen LogP contribution < -0.4 is 15.4 Å². The molecular weight excluding hydrogens is 533 g/mol. The maximum absolute atomic E-state index is 12.7. The fraction of sp³-hybridized carbons (Fsp3) is 0.400. The molecule has 0 aliphatic carbocycles. The summed E-state index contributed by atoms with van der Waals surface area (Å²) in [6, 6.07) is 3.82. The molecule has 4 aromatic rings. The number of thiophene rings is 1. The normalized spacial score (nSPS) is 19.8. The van der Waals surface area contributed by atoms with Crippen LogP contribution in [0.4, 0.5) is 10.1 Å². The lowest BCUT2D eigenvalue weighted by atomic mass is 10.1. The van der Waals surface area contributed by atoms with Gasteiger partial charge in [0.05, 0.1) is 35.6 Å². The minimum absolute atomic E-state index is 0.00227. The highest BCUT2D eigenvalue weighted by molar-refractivity contribution is 7.21. The number of ether oxygens (including phenoxy) is 2. The molecule has 1 unspecified atom stereocenters. The second kappa shape index (κ2) is 10.5. The molecule has 1 saturated heterocycles. The molecule has 2 atom stereocenters. The fourth-order valence-corrected chi connectivity index (χ4v) is 6.03. The van der Waals surface area contributed by atoms with Crippen LogP contribution in [-0.4, -0.2) is 75.8 Å². The Bertz CT molecular complexity index is 1520. The summed E-state index contributed by atoms with van der Waals surface area (Å²) in [6.45, 7) is 4.22. The van der Waals surface area contributed by atoms with Crippen molar-refractivity contribution in [3.8, 4) is 11.8 Å². The number of nitrogens with one attached hydrogen (secondary N) is 2. The molecule has 6 rings (SSSR count). The number of carbonyl (C=O) groups is 1.